The predicted octanol–water partition coefficient (Wildman–Crippen LogP) is 10.7. The van der Waals surface area contributed by atoms with Gasteiger partial charge < -0.3 is 13.3 Å². The second-order valence-corrected chi connectivity index (χ2v) is 11.0. The average Bonchev–Trinajstić information content (AvgIpc) is 3.76. The largest absolute Gasteiger partial charge is 0.464 e. The van der Waals surface area contributed by atoms with Crippen molar-refractivity contribution in [2.24, 2.45) is 0 Å². The van der Waals surface area contributed by atoms with Crippen molar-refractivity contribution in [3.63, 3.8) is 0 Å². The van der Waals surface area contributed by atoms with Crippen molar-refractivity contribution in [2.45, 2.75) is 0 Å². The summed E-state index contributed by atoms with van der Waals surface area (Å²) in [5.41, 5.74) is 6.76. The smallest absolute Gasteiger partial charge is 0.135 e. The van der Waals surface area contributed by atoms with Crippen LogP contribution in [-0.4, -0.2) is 0 Å². The summed E-state index contributed by atoms with van der Waals surface area (Å²) in [7, 11) is 0. The van der Waals surface area contributed by atoms with E-state index in [1.54, 1.807) is 52.8 Å². The normalized spacial score (nSPS) is 11.3. The molecule has 7 aromatic rings. The molecule has 0 radical (unpaired) electrons. The van der Waals surface area contributed by atoms with Crippen molar-refractivity contribution in [3.8, 4) is 65.3 Å². The van der Waals surface area contributed by atoms with E-state index < -0.39 is 0 Å². The zero-order valence-corrected chi connectivity index (χ0v) is 21.3. The minimum Gasteiger partial charge on any atom is -0.464 e. The molecule has 3 nitrogen and oxygen atoms in total. The molecule has 0 aliphatic rings. The van der Waals surface area contributed by atoms with E-state index in [1.807, 2.05) is 36.4 Å². The lowest BCUT2D eigenvalue weighted by Crippen LogP contribution is -1.86. The van der Waals surface area contributed by atoms with Gasteiger partial charge in [-0.2, -0.15) is 0 Å². The molecule has 0 saturated carbocycles. The third kappa shape index (κ3) is 3.71. The van der Waals surface area contributed by atoms with Gasteiger partial charge in [0, 0.05) is 31.3 Å². The van der Waals surface area contributed by atoms with Gasteiger partial charge in [-0.1, -0.05) is 0 Å². The third-order valence-corrected chi connectivity index (χ3v) is 8.97. The predicted molar refractivity (Wildman–Crippen MR) is 149 cm³/mol. The van der Waals surface area contributed by atoms with E-state index in [1.165, 1.54) is 14.6 Å². The highest BCUT2D eigenvalue weighted by Crippen LogP contribution is 2.46. The molecule has 36 heavy (non-hydrogen) atoms. The fourth-order valence-corrected chi connectivity index (χ4v) is 7.17. The molecule has 7 rings (SSSR count). The van der Waals surface area contributed by atoms with E-state index in [2.05, 4.69) is 52.5 Å². The number of hydrogen-bond acceptors (Lipinski definition) is 6. The van der Waals surface area contributed by atoms with E-state index in [9.17, 15) is 0 Å². The monoisotopic (exact) mass is 522 g/mol. The topological polar surface area (TPSA) is 39.4 Å². The van der Waals surface area contributed by atoms with Crippen molar-refractivity contribution < 1.29 is 13.3 Å². The molecule has 0 saturated heterocycles. The first-order chi connectivity index (χ1) is 17.8. The summed E-state index contributed by atoms with van der Waals surface area (Å²) >= 11 is 5.18. The number of furan rings is 3. The van der Waals surface area contributed by atoms with Crippen LogP contribution in [-0.2, 0) is 0 Å². The Balaban J connectivity index is 1.45. The van der Waals surface area contributed by atoms with Gasteiger partial charge >= 0.3 is 0 Å². The highest BCUT2D eigenvalue weighted by molar-refractivity contribution is 7.15. The fraction of sp³-hybridized carbons (Fsp3) is 0. The van der Waals surface area contributed by atoms with Crippen molar-refractivity contribution in [1.29, 1.82) is 0 Å². The molecule has 0 spiro atoms. The van der Waals surface area contributed by atoms with Crippen LogP contribution in [0.2, 0.25) is 0 Å². The summed E-state index contributed by atoms with van der Waals surface area (Å²) in [6.45, 7) is 0. The quantitative estimate of drug-likeness (QED) is 0.218. The number of rotatable bonds is 6. The number of hydrogen-bond donors (Lipinski definition) is 0. The first kappa shape index (κ1) is 21.4. The SMILES string of the molecule is c1coc(-c2ccsc2-c2cc(-c3sccc3-c3ccco3)cc(-c3sccc3-c3ccco3)c2)c1. The highest BCUT2D eigenvalue weighted by Gasteiger charge is 2.19. The van der Waals surface area contributed by atoms with Crippen molar-refractivity contribution in [1.82, 2.24) is 0 Å². The van der Waals surface area contributed by atoms with E-state index >= 15 is 0 Å². The van der Waals surface area contributed by atoms with Gasteiger partial charge in [-0.05, 0) is 106 Å². The van der Waals surface area contributed by atoms with E-state index in [4.69, 9.17) is 13.3 Å². The number of benzene rings is 1. The molecule has 0 amide bonds. The minimum absolute atomic E-state index is 0.873. The van der Waals surface area contributed by atoms with E-state index in [-0.39, 0.29) is 0 Å². The Morgan fingerprint density at radius 3 is 1.03 bits per heavy atom. The van der Waals surface area contributed by atoms with Crippen LogP contribution in [0, 0.1) is 0 Å². The lowest BCUT2D eigenvalue weighted by Gasteiger charge is -2.11. The van der Waals surface area contributed by atoms with Crippen molar-refractivity contribution >= 4 is 34.0 Å². The molecule has 0 bridgehead atoms. The average molecular weight is 523 g/mol. The summed E-state index contributed by atoms with van der Waals surface area (Å²) in [5.74, 6) is 2.62. The second kappa shape index (κ2) is 8.99. The zero-order chi connectivity index (χ0) is 23.9. The summed E-state index contributed by atoms with van der Waals surface area (Å²) < 4.78 is 17.3. The van der Waals surface area contributed by atoms with Crippen LogP contribution < -0.4 is 0 Å². The molecule has 0 unspecified atom stereocenters. The van der Waals surface area contributed by atoms with Gasteiger partial charge in [-0.25, -0.2) is 0 Å². The number of thiophene rings is 3. The van der Waals surface area contributed by atoms with Crippen LogP contribution in [0.5, 0.6) is 0 Å². The molecule has 0 aliphatic heterocycles. The van der Waals surface area contributed by atoms with Gasteiger partial charge in [-0.15, -0.1) is 34.0 Å². The van der Waals surface area contributed by atoms with Crippen LogP contribution in [0.3, 0.4) is 0 Å². The Labute approximate surface area is 219 Å². The van der Waals surface area contributed by atoms with Gasteiger partial charge in [0.2, 0.25) is 0 Å². The van der Waals surface area contributed by atoms with Gasteiger partial charge in [-0.3, -0.25) is 0 Å². The first-order valence-corrected chi connectivity index (χ1v) is 14.0. The molecule has 0 N–H and O–H groups in total. The van der Waals surface area contributed by atoms with E-state index in [0.29, 0.717) is 0 Å². The van der Waals surface area contributed by atoms with Crippen LogP contribution in [0.25, 0.3) is 65.3 Å². The van der Waals surface area contributed by atoms with Crippen molar-refractivity contribution in [3.05, 3.63) is 108 Å². The lowest BCUT2D eigenvalue weighted by molar-refractivity contribution is 0.582. The molecular weight excluding hydrogens is 505 g/mol. The maximum absolute atomic E-state index is 5.77. The lowest BCUT2D eigenvalue weighted by atomic mass is 9.97. The maximum Gasteiger partial charge on any atom is 0.135 e. The molecule has 174 valence electrons. The van der Waals surface area contributed by atoms with Gasteiger partial charge in [0.15, 0.2) is 0 Å². The van der Waals surface area contributed by atoms with Gasteiger partial charge in [0.25, 0.3) is 0 Å². The fourth-order valence-electron chi connectivity index (χ4n) is 4.50. The molecule has 6 heterocycles. The van der Waals surface area contributed by atoms with Gasteiger partial charge in [0.05, 0.1) is 18.8 Å². The minimum atomic E-state index is 0.873. The Morgan fingerprint density at radius 1 is 0.417 bits per heavy atom. The third-order valence-electron chi connectivity index (χ3n) is 6.08. The standard InChI is InChI=1S/C30H18O3S3/c1-4-25(31-10-1)22-7-13-34-28(22)19-16-20(29-23(8-14-35-29)26-5-2-11-32-26)18-21(17-19)30-24(9-15-36-30)27-6-3-12-33-27/h1-18H. The van der Waals surface area contributed by atoms with Crippen LogP contribution in [0.1, 0.15) is 0 Å². The zero-order valence-electron chi connectivity index (χ0n) is 18.8. The molecule has 6 aromatic heterocycles. The van der Waals surface area contributed by atoms with Crippen LogP contribution in [0.4, 0.5) is 0 Å². The molecule has 0 aliphatic carbocycles. The molecule has 0 fully saturated rings. The van der Waals surface area contributed by atoms with Crippen molar-refractivity contribution in [2.75, 3.05) is 0 Å². The molecule has 1 aromatic carbocycles. The molecule has 0 atom stereocenters. The van der Waals surface area contributed by atoms with Gasteiger partial charge in [0.1, 0.15) is 17.3 Å². The Morgan fingerprint density at radius 2 is 0.750 bits per heavy atom. The Kier molecular flexibility index (Phi) is 5.35. The summed E-state index contributed by atoms with van der Waals surface area (Å²) in [4.78, 5) is 3.54. The summed E-state index contributed by atoms with van der Waals surface area (Å²) in [6.07, 6.45) is 5.17. The first-order valence-electron chi connectivity index (χ1n) is 11.4. The summed E-state index contributed by atoms with van der Waals surface area (Å²) in [6, 6.07) is 25.1. The molecular formula is C30H18O3S3. The second-order valence-electron chi connectivity index (χ2n) is 8.22. The Bertz CT molecular complexity index is 1510. The molecule has 6 heteroatoms. The maximum atomic E-state index is 5.77. The van der Waals surface area contributed by atoms with Crippen LogP contribution >= 0.6 is 34.0 Å². The Hall–Kier alpha value is -3.84. The van der Waals surface area contributed by atoms with E-state index in [0.717, 1.165) is 50.7 Å². The highest BCUT2D eigenvalue weighted by atomic mass is 32.1. The summed E-state index contributed by atoms with van der Waals surface area (Å²) in [5, 5.41) is 6.37. The van der Waals surface area contributed by atoms with Crippen LogP contribution in [0.15, 0.2) is 121 Å².